The molecule has 2 aliphatic heterocycles. The van der Waals surface area contributed by atoms with Crippen molar-refractivity contribution in [2.24, 2.45) is 5.92 Å². The van der Waals surface area contributed by atoms with E-state index in [0.29, 0.717) is 42.7 Å². The van der Waals surface area contributed by atoms with E-state index in [9.17, 15) is 9.59 Å². The Labute approximate surface area is 179 Å². The Morgan fingerprint density at radius 2 is 2.14 bits per heavy atom. The average molecular weight is 435 g/mol. The van der Waals surface area contributed by atoms with Gasteiger partial charge in [0.05, 0.1) is 34.6 Å². The van der Waals surface area contributed by atoms with Crippen LogP contribution in [-0.2, 0) is 9.53 Å². The molecule has 2 aliphatic rings. The number of thiophene rings is 1. The van der Waals surface area contributed by atoms with Crippen LogP contribution in [0.1, 0.15) is 29.4 Å². The van der Waals surface area contributed by atoms with E-state index in [2.05, 4.69) is 4.90 Å². The number of carbonyl (C=O) groups excluding carboxylic acids is 2. The second kappa shape index (κ2) is 8.63. The lowest BCUT2D eigenvalue weighted by atomic mass is 9.98. The van der Waals surface area contributed by atoms with Gasteiger partial charge in [0.25, 0.3) is 5.91 Å². The molecule has 4 rings (SSSR count). The number of benzene rings is 1. The van der Waals surface area contributed by atoms with Gasteiger partial charge in [-0.05, 0) is 50.1 Å². The highest BCUT2D eigenvalue weighted by Gasteiger charge is 2.31. The maximum Gasteiger partial charge on any atom is 0.310 e. The van der Waals surface area contributed by atoms with Gasteiger partial charge in [-0.1, -0.05) is 11.6 Å². The Balaban J connectivity index is 1.50. The largest absolute Gasteiger partial charge is 0.490 e. The van der Waals surface area contributed by atoms with Crippen LogP contribution < -0.4 is 9.64 Å². The first-order valence-electron chi connectivity index (χ1n) is 9.82. The molecule has 6 nitrogen and oxygen atoms in total. The minimum atomic E-state index is -0.236. The fourth-order valence-corrected chi connectivity index (χ4v) is 4.96. The minimum absolute atomic E-state index is 0.0326. The van der Waals surface area contributed by atoms with Gasteiger partial charge in [0.2, 0.25) is 0 Å². The standard InChI is InChI=1S/C21H23ClN2O4S/c1-2-27-21(26)14-4-3-9-23(13-14)20(25)18-7-8-19(29-18)24-10-11-28-17-6-5-15(22)12-16(17)24/h5-8,12,14H,2-4,9-11,13H2,1H3. The Bertz CT molecular complexity index is 916. The van der Waals surface area contributed by atoms with Crippen LogP contribution in [0.4, 0.5) is 10.7 Å². The Kier molecular flexibility index (Phi) is 5.96. The van der Waals surface area contributed by atoms with Crippen molar-refractivity contribution in [3.63, 3.8) is 0 Å². The number of anilines is 2. The quantitative estimate of drug-likeness (QED) is 0.669. The van der Waals surface area contributed by atoms with Crippen LogP contribution in [0.3, 0.4) is 0 Å². The van der Waals surface area contributed by atoms with Gasteiger partial charge in [0.1, 0.15) is 12.4 Å². The molecule has 1 aromatic carbocycles. The first kappa shape index (κ1) is 20.0. The molecule has 0 bridgehead atoms. The van der Waals surface area contributed by atoms with Crippen LogP contribution >= 0.6 is 22.9 Å². The molecular formula is C21H23ClN2O4S. The maximum atomic E-state index is 13.0. The average Bonchev–Trinajstić information content (AvgIpc) is 3.23. The fraction of sp³-hybridized carbons (Fsp3) is 0.429. The number of carbonyl (C=O) groups is 2. The van der Waals surface area contributed by atoms with E-state index in [-0.39, 0.29) is 17.8 Å². The Morgan fingerprint density at radius 1 is 1.28 bits per heavy atom. The first-order chi connectivity index (χ1) is 14.1. The smallest absolute Gasteiger partial charge is 0.310 e. The van der Waals surface area contributed by atoms with Crippen molar-refractivity contribution in [2.75, 3.05) is 37.7 Å². The van der Waals surface area contributed by atoms with E-state index in [4.69, 9.17) is 21.1 Å². The highest BCUT2D eigenvalue weighted by Crippen LogP contribution is 2.41. The molecule has 1 fully saturated rings. The zero-order chi connectivity index (χ0) is 20.4. The normalized spacial score (nSPS) is 18.8. The Morgan fingerprint density at radius 3 is 2.97 bits per heavy atom. The molecule has 2 aromatic rings. The molecule has 8 heteroatoms. The number of fused-ring (bicyclic) bond motifs is 1. The maximum absolute atomic E-state index is 13.0. The number of halogens is 1. The first-order valence-corrected chi connectivity index (χ1v) is 11.0. The molecule has 1 saturated heterocycles. The summed E-state index contributed by atoms with van der Waals surface area (Å²) in [5, 5.41) is 1.62. The van der Waals surface area contributed by atoms with E-state index >= 15 is 0 Å². The summed E-state index contributed by atoms with van der Waals surface area (Å²) in [7, 11) is 0. The number of nitrogens with zero attached hydrogens (tertiary/aromatic N) is 2. The molecule has 29 heavy (non-hydrogen) atoms. The predicted molar refractivity (Wildman–Crippen MR) is 114 cm³/mol. The number of amides is 1. The second-order valence-corrected chi connectivity index (χ2v) is 8.59. The summed E-state index contributed by atoms with van der Waals surface area (Å²) in [4.78, 5) is 29.7. The van der Waals surface area contributed by atoms with Gasteiger partial charge in [-0.15, -0.1) is 11.3 Å². The van der Waals surface area contributed by atoms with Gasteiger partial charge in [0, 0.05) is 18.1 Å². The summed E-state index contributed by atoms with van der Waals surface area (Å²) in [6.45, 7) is 4.51. The lowest BCUT2D eigenvalue weighted by molar-refractivity contribution is -0.149. The number of rotatable bonds is 4. The summed E-state index contributed by atoms with van der Waals surface area (Å²) in [6.07, 6.45) is 1.58. The highest BCUT2D eigenvalue weighted by molar-refractivity contribution is 7.18. The van der Waals surface area contributed by atoms with E-state index in [0.717, 1.165) is 29.3 Å². The summed E-state index contributed by atoms with van der Waals surface area (Å²) < 4.78 is 10.9. The van der Waals surface area contributed by atoms with E-state index in [1.54, 1.807) is 11.8 Å². The molecule has 3 heterocycles. The van der Waals surface area contributed by atoms with Crippen LogP contribution in [-0.4, -0.2) is 49.6 Å². The lowest BCUT2D eigenvalue weighted by Crippen LogP contribution is -2.42. The summed E-state index contributed by atoms with van der Waals surface area (Å²) in [5.74, 6) is 0.309. The van der Waals surface area contributed by atoms with E-state index < -0.39 is 0 Å². The molecule has 1 unspecified atom stereocenters. The summed E-state index contributed by atoms with van der Waals surface area (Å²) >= 11 is 7.62. The van der Waals surface area contributed by atoms with Crippen molar-refractivity contribution >= 4 is 45.5 Å². The van der Waals surface area contributed by atoms with Crippen molar-refractivity contribution in [1.29, 1.82) is 0 Å². The van der Waals surface area contributed by atoms with Crippen molar-refractivity contribution < 1.29 is 19.1 Å². The topological polar surface area (TPSA) is 59.1 Å². The Hall–Kier alpha value is -2.25. The van der Waals surface area contributed by atoms with E-state index in [1.165, 1.54) is 11.3 Å². The van der Waals surface area contributed by atoms with Crippen molar-refractivity contribution in [2.45, 2.75) is 19.8 Å². The lowest BCUT2D eigenvalue weighted by Gasteiger charge is -2.31. The number of likely N-dealkylation sites (tertiary alicyclic amines) is 1. The minimum Gasteiger partial charge on any atom is -0.490 e. The van der Waals surface area contributed by atoms with Gasteiger partial charge in [-0.3, -0.25) is 9.59 Å². The number of piperidine rings is 1. The number of esters is 1. The zero-order valence-electron chi connectivity index (χ0n) is 16.2. The van der Waals surface area contributed by atoms with Crippen molar-refractivity contribution in [1.82, 2.24) is 4.90 Å². The van der Waals surface area contributed by atoms with Gasteiger partial charge in [-0.25, -0.2) is 0 Å². The highest BCUT2D eigenvalue weighted by atomic mass is 35.5. The van der Waals surface area contributed by atoms with Crippen LogP contribution in [0.2, 0.25) is 5.02 Å². The third-order valence-corrected chi connectivity index (χ3v) is 6.51. The predicted octanol–water partition coefficient (Wildman–Crippen LogP) is 4.35. The molecule has 0 spiro atoms. The number of hydrogen-bond acceptors (Lipinski definition) is 6. The van der Waals surface area contributed by atoms with Crippen LogP contribution in [0.5, 0.6) is 5.75 Å². The fourth-order valence-electron chi connectivity index (χ4n) is 3.78. The molecule has 0 aliphatic carbocycles. The molecule has 154 valence electrons. The molecule has 0 N–H and O–H groups in total. The van der Waals surface area contributed by atoms with E-state index in [1.807, 2.05) is 30.3 Å². The monoisotopic (exact) mass is 434 g/mol. The molecular weight excluding hydrogens is 412 g/mol. The second-order valence-electron chi connectivity index (χ2n) is 7.09. The van der Waals surface area contributed by atoms with Gasteiger partial charge < -0.3 is 19.3 Å². The molecule has 1 aromatic heterocycles. The summed E-state index contributed by atoms with van der Waals surface area (Å²) in [5.41, 5.74) is 0.907. The third kappa shape index (κ3) is 4.21. The molecule has 0 radical (unpaired) electrons. The molecule has 1 atom stereocenters. The number of ether oxygens (including phenoxy) is 2. The zero-order valence-corrected chi connectivity index (χ0v) is 17.8. The van der Waals surface area contributed by atoms with Gasteiger partial charge in [-0.2, -0.15) is 0 Å². The van der Waals surface area contributed by atoms with Gasteiger partial charge in [0.15, 0.2) is 0 Å². The van der Waals surface area contributed by atoms with Crippen molar-refractivity contribution in [3.05, 3.63) is 40.2 Å². The number of hydrogen-bond donors (Lipinski definition) is 0. The van der Waals surface area contributed by atoms with Gasteiger partial charge >= 0.3 is 5.97 Å². The van der Waals surface area contributed by atoms with Crippen molar-refractivity contribution in [3.8, 4) is 5.75 Å². The van der Waals surface area contributed by atoms with Crippen LogP contribution in [0, 0.1) is 5.92 Å². The van der Waals surface area contributed by atoms with Crippen LogP contribution in [0.15, 0.2) is 30.3 Å². The SMILES string of the molecule is CCOC(=O)C1CCCN(C(=O)c2ccc(N3CCOc4ccc(Cl)cc43)s2)C1. The third-order valence-electron chi connectivity index (χ3n) is 5.18. The molecule has 1 amide bonds. The molecule has 0 saturated carbocycles. The van der Waals surface area contributed by atoms with Crippen LogP contribution in [0.25, 0.3) is 0 Å². The summed E-state index contributed by atoms with van der Waals surface area (Å²) in [6, 6.07) is 9.37.